The van der Waals surface area contributed by atoms with Crippen molar-refractivity contribution in [3.8, 4) is 0 Å². The first-order valence-electron chi connectivity index (χ1n) is 6.08. The molecule has 0 unspecified atom stereocenters. The molecule has 1 fully saturated rings. The molecule has 0 radical (unpaired) electrons. The minimum absolute atomic E-state index is 0.263. The lowest BCUT2D eigenvalue weighted by Gasteiger charge is -2.35. The minimum Gasteiger partial charge on any atom is -0.478 e. The largest absolute Gasteiger partial charge is 0.478 e. The number of benzene rings is 1. The highest BCUT2D eigenvalue weighted by Gasteiger charge is 2.33. The van der Waals surface area contributed by atoms with Crippen molar-refractivity contribution >= 4 is 5.97 Å². The van der Waals surface area contributed by atoms with E-state index in [0.29, 0.717) is 0 Å². The molecule has 3 heteroatoms. The molecule has 2 rings (SSSR count). The van der Waals surface area contributed by atoms with Crippen LogP contribution in [0, 0.1) is 0 Å². The van der Waals surface area contributed by atoms with Crippen LogP contribution in [0.25, 0.3) is 0 Å². The van der Waals surface area contributed by atoms with Crippen LogP contribution in [-0.2, 0) is 5.41 Å². The number of hydrogen-bond donors (Lipinski definition) is 1. The lowest BCUT2D eigenvalue weighted by atomic mass is 9.70. The van der Waals surface area contributed by atoms with Crippen LogP contribution in [0.3, 0.4) is 0 Å². The quantitative estimate of drug-likeness (QED) is 0.871. The number of halogens is 1. The number of aromatic carboxylic acids is 1. The number of carboxylic acids is 1. The highest BCUT2D eigenvalue weighted by atomic mass is 19.1. The maximum atomic E-state index is 13.4. The summed E-state index contributed by atoms with van der Waals surface area (Å²) in [5, 5.41) is 8.83. The van der Waals surface area contributed by atoms with E-state index in [1.807, 2.05) is 0 Å². The predicted octanol–water partition coefficient (Wildman–Crippen LogP) is 3.56. The molecule has 92 valence electrons. The number of rotatable bonds is 3. The summed E-state index contributed by atoms with van der Waals surface area (Å²) in [6.45, 7) is -0.348. The van der Waals surface area contributed by atoms with Gasteiger partial charge < -0.3 is 5.11 Å². The van der Waals surface area contributed by atoms with Gasteiger partial charge in [0.25, 0.3) is 0 Å². The van der Waals surface area contributed by atoms with Crippen molar-refractivity contribution in [2.75, 3.05) is 6.67 Å². The Kier molecular flexibility index (Phi) is 3.46. The van der Waals surface area contributed by atoms with Crippen molar-refractivity contribution in [1.29, 1.82) is 0 Å². The summed E-state index contributed by atoms with van der Waals surface area (Å²) in [6.07, 6.45) is 5.04. The van der Waals surface area contributed by atoms with Gasteiger partial charge in [0.15, 0.2) is 0 Å². The third-order valence-electron chi connectivity index (χ3n) is 3.81. The van der Waals surface area contributed by atoms with Crippen molar-refractivity contribution in [1.82, 2.24) is 0 Å². The molecule has 0 spiro atoms. The Hall–Kier alpha value is -1.38. The molecule has 0 amide bonds. The van der Waals surface area contributed by atoms with Gasteiger partial charge in [-0.25, -0.2) is 4.79 Å². The maximum Gasteiger partial charge on any atom is 0.335 e. The predicted molar refractivity (Wildman–Crippen MR) is 64.1 cm³/mol. The van der Waals surface area contributed by atoms with Crippen LogP contribution in [0.15, 0.2) is 24.3 Å². The summed E-state index contributed by atoms with van der Waals surface area (Å²) in [5.74, 6) is -0.936. The monoisotopic (exact) mass is 236 g/mol. The molecule has 0 aromatic heterocycles. The number of hydrogen-bond acceptors (Lipinski definition) is 1. The minimum atomic E-state index is -0.936. The van der Waals surface area contributed by atoms with E-state index in [1.54, 1.807) is 24.3 Å². The Morgan fingerprint density at radius 3 is 2.24 bits per heavy atom. The van der Waals surface area contributed by atoms with E-state index in [4.69, 9.17) is 5.11 Å². The first-order valence-corrected chi connectivity index (χ1v) is 6.08. The van der Waals surface area contributed by atoms with Crippen LogP contribution in [0.5, 0.6) is 0 Å². The summed E-state index contributed by atoms with van der Waals surface area (Å²) in [6, 6.07) is 6.69. The van der Waals surface area contributed by atoms with E-state index in [2.05, 4.69) is 0 Å². The van der Waals surface area contributed by atoms with Gasteiger partial charge in [-0.15, -0.1) is 0 Å². The van der Waals surface area contributed by atoms with Gasteiger partial charge in [-0.3, -0.25) is 4.39 Å². The fraction of sp³-hybridized carbons (Fsp3) is 0.500. The summed E-state index contributed by atoms with van der Waals surface area (Å²) < 4.78 is 13.4. The molecule has 2 nitrogen and oxygen atoms in total. The van der Waals surface area contributed by atoms with E-state index >= 15 is 0 Å². The zero-order chi connectivity index (χ0) is 12.3. The molecule has 1 aromatic carbocycles. The van der Waals surface area contributed by atoms with Gasteiger partial charge in [0, 0.05) is 5.41 Å². The fourth-order valence-electron chi connectivity index (χ4n) is 2.69. The molecule has 1 saturated carbocycles. The SMILES string of the molecule is O=C(O)c1ccc(C2(CF)CCCCC2)cc1. The van der Waals surface area contributed by atoms with E-state index < -0.39 is 5.97 Å². The molecule has 0 bridgehead atoms. The lowest BCUT2D eigenvalue weighted by molar-refractivity contribution is 0.0697. The van der Waals surface area contributed by atoms with Gasteiger partial charge >= 0.3 is 5.97 Å². The molecule has 1 aliphatic carbocycles. The van der Waals surface area contributed by atoms with Crippen molar-refractivity contribution in [2.24, 2.45) is 0 Å². The molecule has 0 saturated heterocycles. The molecule has 1 aliphatic rings. The first-order chi connectivity index (χ1) is 8.18. The molecule has 0 atom stereocenters. The van der Waals surface area contributed by atoms with E-state index in [1.165, 1.54) is 6.42 Å². The van der Waals surface area contributed by atoms with Crippen LogP contribution in [0.4, 0.5) is 4.39 Å². The zero-order valence-electron chi connectivity index (χ0n) is 9.79. The molecule has 1 N–H and O–H groups in total. The molecule has 17 heavy (non-hydrogen) atoms. The second-order valence-electron chi connectivity index (χ2n) is 4.86. The van der Waals surface area contributed by atoms with Gasteiger partial charge in [0.2, 0.25) is 0 Å². The van der Waals surface area contributed by atoms with Crippen LogP contribution in [-0.4, -0.2) is 17.8 Å². The summed E-state index contributed by atoms with van der Waals surface area (Å²) in [7, 11) is 0. The number of carbonyl (C=O) groups is 1. The van der Waals surface area contributed by atoms with E-state index in [9.17, 15) is 9.18 Å². The highest BCUT2D eigenvalue weighted by molar-refractivity contribution is 5.87. The zero-order valence-corrected chi connectivity index (χ0v) is 9.79. The van der Waals surface area contributed by atoms with Gasteiger partial charge in [-0.1, -0.05) is 31.4 Å². The van der Waals surface area contributed by atoms with Crippen LogP contribution in [0.2, 0.25) is 0 Å². The number of alkyl halides is 1. The topological polar surface area (TPSA) is 37.3 Å². The van der Waals surface area contributed by atoms with Crippen LogP contribution < -0.4 is 0 Å². The number of carboxylic acid groups (broad SMARTS) is 1. The van der Waals surface area contributed by atoms with Crippen molar-refractivity contribution < 1.29 is 14.3 Å². The Labute approximate surface area is 100 Å². The first kappa shape index (κ1) is 12.1. The average Bonchev–Trinajstić information content (AvgIpc) is 2.39. The fourth-order valence-corrected chi connectivity index (χ4v) is 2.69. The highest BCUT2D eigenvalue weighted by Crippen LogP contribution is 2.39. The average molecular weight is 236 g/mol. The van der Waals surface area contributed by atoms with Gasteiger partial charge in [-0.05, 0) is 30.5 Å². The van der Waals surface area contributed by atoms with Crippen molar-refractivity contribution in [3.63, 3.8) is 0 Å². The molecule has 1 aromatic rings. The standard InChI is InChI=1S/C14H17FO2/c15-10-14(8-2-1-3-9-14)12-6-4-11(5-7-12)13(16)17/h4-7H,1-3,8-10H2,(H,16,17). The normalized spacial score (nSPS) is 18.9. The third-order valence-corrected chi connectivity index (χ3v) is 3.81. The molecule has 0 heterocycles. The summed E-state index contributed by atoms with van der Waals surface area (Å²) in [4.78, 5) is 10.8. The third kappa shape index (κ3) is 2.33. The Morgan fingerprint density at radius 1 is 1.18 bits per heavy atom. The Morgan fingerprint density at radius 2 is 1.76 bits per heavy atom. The van der Waals surface area contributed by atoms with Crippen LogP contribution >= 0.6 is 0 Å². The van der Waals surface area contributed by atoms with Gasteiger partial charge in [-0.2, -0.15) is 0 Å². The maximum absolute atomic E-state index is 13.4. The lowest BCUT2D eigenvalue weighted by Crippen LogP contribution is -2.31. The van der Waals surface area contributed by atoms with Gasteiger partial charge in [0.05, 0.1) is 12.2 Å². The van der Waals surface area contributed by atoms with E-state index in [-0.39, 0.29) is 17.7 Å². The van der Waals surface area contributed by atoms with E-state index in [0.717, 1.165) is 31.2 Å². The molecular weight excluding hydrogens is 219 g/mol. The van der Waals surface area contributed by atoms with Crippen LogP contribution in [0.1, 0.15) is 48.0 Å². The van der Waals surface area contributed by atoms with Crippen molar-refractivity contribution in [3.05, 3.63) is 35.4 Å². The Bertz CT molecular complexity index is 391. The molecule has 0 aliphatic heterocycles. The van der Waals surface area contributed by atoms with Gasteiger partial charge in [0.1, 0.15) is 0 Å². The Balaban J connectivity index is 2.27. The van der Waals surface area contributed by atoms with Crippen molar-refractivity contribution in [2.45, 2.75) is 37.5 Å². The summed E-state index contributed by atoms with van der Waals surface area (Å²) >= 11 is 0. The summed E-state index contributed by atoms with van der Waals surface area (Å²) in [5.41, 5.74) is 0.846. The molecular formula is C14H17FO2. The second kappa shape index (κ2) is 4.86. The smallest absolute Gasteiger partial charge is 0.335 e. The second-order valence-corrected chi connectivity index (χ2v) is 4.86.